The molecule has 0 unspecified atom stereocenters. The third-order valence-electron chi connectivity index (χ3n) is 2.35. The summed E-state index contributed by atoms with van der Waals surface area (Å²) in [7, 11) is 0. The summed E-state index contributed by atoms with van der Waals surface area (Å²) in [6, 6.07) is 13.4. The van der Waals surface area contributed by atoms with E-state index in [0.717, 1.165) is 0 Å². The van der Waals surface area contributed by atoms with Crippen molar-refractivity contribution in [1.29, 1.82) is 10.5 Å². The number of nitriles is 2. The van der Waals surface area contributed by atoms with Gasteiger partial charge >= 0.3 is 0 Å². The lowest BCUT2D eigenvalue weighted by molar-refractivity contribution is 1.24. The summed E-state index contributed by atoms with van der Waals surface area (Å²) in [6.45, 7) is 1.75. The quantitative estimate of drug-likeness (QED) is 0.751. The van der Waals surface area contributed by atoms with Gasteiger partial charge in [0.1, 0.15) is 17.0 Å². The molecule has 1 heterocycles. The molecule has 86 valence electrons. The van der Waals surface area contributed by atoms with Crippen molar-refractivity contribution in [3.8, 4) is 12.1 Å². The Morgan fingerprint density at radius 2 is 1.78 bits per heavy atom. The van der Waals surface area contributed by atoms with Gasteiger partial charge in [0, 0.05) is 0 Å². The fourth-order valence-corrected chi connectivity index (χ4v) is 2.28. The van der Waals surface area contributed by atoms with Gasteiger partial charge < -0.3 is 0 Å². The third-order valence-corrected chi connectivity index (χ3v) is 3.43. The molecule has 5 heteroatoms. The first-order valence-corrected chi connectivity index (χ1v) is 5.98. The molecule has 2 rings (SSSR count). The van der Waals surface area contributed by atoms with Crippen LogP contribution in [0.15, 0.2) is 40.6 Å². The van der Waals surface area contributed by atoms with Gasteiger partial charge in [0.15, 0.2) is 5.00 Å². The zero-order chi connectivity index (χ0) is 13.0. The average Bonchev–Trinajstić information content (AvgIpc) is 2.73. The van der Waals surface area contributed by atoms with E-state index in [1.165, 1.54) is 11.3 Å². The molecule has 2 aromatic rings. The highest BCUT2D eigenvalue weighted by molar-refractivity contribution is 7.16. The molecular weight excluding hydrogens is 244 g/mol. The first-order chi connectivity index (χ1) is 8.76. The van der Waals surface area contributed by atoms with Crippen LogP contribution in [0.3, 0.4) is 0 Å². The van der Waals surface area contributed by atoms with Crippen LogP contribution in [0, 0.1) is 29.6 Å². The second kappa shape index (κ2) is 5.22. The molecule has 0 fully saturated rings. The first-order valence-electron chi connectivity index (χ1n) is 5.16. The summed E-state index contributed by atoms with van der Waals surface area (Å²) in [6.07, 6.45) is 0. The predicted molar refractivity (Wildman–Crippen MR) is 69.1 cm³/mol. The lowest BCUT2D eigenvalue weighted by Gasteiger charge is -1.90. The van der Waals surface area contributed by atoms with Crippen molar-refractivity contribution in [1.82, 2.24) is 0 Å². The predicted octanol–water partition coefficient (Wildman–Crippen LogP) is 4.22. The number of benzene rings is 1. The smallest absolute Gasteiger partial charge is 0.158 e. The Morgan fingerprint density at radius 1 is 1.06 bits per heavy atom. The van der Waals surface area contributed by atoms with E-state index in [1.807, 2.05) is 30.3 Å². The molecule has 18 heavy (non-hydrogen) atoms. The van der Waals surface area contributed by atoms with Gasteiger partial charge in [-0.3, -0.25) is 0 Å². The van der Waals surface area contributed by atoms with Crippen molar-refractivity contribution < 1.29 is 0 Å². The molecule has 1 aromatic carbocycles. The van der Waals surface area contributed by atoms with Crippen LogP contribution in [0.4, 0.5) is 10.7 Å². The second-order valence-corrected chi connectivity index (χ2v) is 4.49. The van der Waals surface area contributed by atoms with Gasteiger partial charge in [0.2, 0.25) is 0 Å². The van der Waals surface area contributed by atoms with Crippen LogP contribution < -0.4 is 0 Å². The summed E-state index contributed by atoms with van der Waals surface area (Å²) in [4.78, 5) is 0.508. The van der Waals surface area contributed by atoms with Gasteiger partial charge in [-0.25, -0.2) is 0 Å². The van der Waals surface area contributed by atoms with Crippen LogP contribution in [-0.4, -0.2) is 0 Å². The van der Waals surface area contributed by atoms with Crippen molar-refractivity contribution in [3.63, 3.8) is 0 Å². The lowest BCUT2D eigenvalue weighted by atomic mass is 10.2. The van der Waals surface area contributed by atoms with E-state index >= 15 is 0 Å². The maximum Gasteiger partial charge on any atom is 0.158 e. The molecule has 0 aliphatic heterocycles. The summed E-state index contributed by atoms with van der Waals surface area (Å²) >= 11 is 1.19. The highest BCUT2D eigenvalue weighted by atomic mass is 32.1. The largest absolute Gasteiger partial charge is 0.192 e. The van der Waals surface area contributed by atoms with Crippen molar-refractivity contribution in [3.05, 3.63) is 46.3 Å². The zero-order valence-corrected chi connectivity index (χ0v) is 10.4. The molecule has 0 aliphatic carbocycles. The molecule has 0 atom stereocenters. The second-order valence-electron chi connectivity index (χ2n) is 3.50. The minimum atomic E-state index is 0.427. The van der Waals surface area contributed by atoms with E-state index in [0.29, 0.717) is 26.7 Å². The summed E-state index contributed by atoms with van der Waals surface area (Å²) < 4.78 is 0. The van der Waals surface area contributed by atoms with Crippen LogP contribution in [0.25, 0.3) is 0 Å². The van der Waals surface area contributed by atoms with E-state index < -0.39 is 0 Å². The summed E-state index contributed by atoms with van der Waals surface area (Å²) in [5, 5.41) is 26.5. The van der Waals surface area contributed by atoms with Crippen molar-refractivity contribution in [2.45, 2.75) is 6.92 Å². The highest BCUT2D eigenvalue weighted by Gasteiger charge is 2.14. The number of thiophene rings is 1. The Labute approximate surface area is 108 Å². The van der Waals surface area contributed by atoms with Gasteiger partial charge in [-0.05, 0) is 24.6 Å². The first kappa shape index (κ1) is 12.0. The Balaban J connectivity index is 2.39. The highest BCUT2D eigenvalue weighted by Crippen LogP contribution is 2.35. The topological polar surface area (TPSA) is 72.3 Å². The fourth-order valence-electron chi connectivity index (χ4n) is 1.40. The maximum atomic E-state index is 9.05. The van der Waals surface area contributed by atoms with E-state index in [9.17, 15) is 0 Å². The molecular formula is C13H8N4S. The van der Waals surface area contributed by atoms with E-state index in [2.05, 4.69) is 22.4 Å². The minimum absolute atomic E-state index is 0.427. The van der Waals surface area contributed by atoms with Crippen LogP contribution in [-0.2, 0) is 0 Å². The molecule has 0 radical (unpaired) electrons. The van der Waals surface area contributed by atoms with E-state index in [-0.39, 0.29) is 0 Å². The molecule has 0 spiro atoms. The van der Waals surface area contributed by atoms with Crippen molar-refractivity contribution in [2.75, 3.05) is 0 Å². The molecule has 0 saturated heterocycles. The fraction of sp³-hybridized carbons (Fsp3) is 0.0769. The molecule has 4 nitrogen and oxygen atoms in total. The van der Waals surface area contributed by atoms with E-state index in [1.54, 1.807) is 6.92 Å². The SMILES string of the molecule is Cc1c(C#N)sc(N=Nc2ccccc2)c1C#N. The third kappa shape index (κ3) is 2.27. The summed E-state index contributed by atoms with van der Waals surface area (Å²) in [5.41, 5.74) is 1.81. The van der Waals surface area contributed by atoms with Gasteiger partial charge in [-0.15, -0.1) is 21.6 Å². The van der Waals surface area contributed by atoms with Crippen molar-refractivity contribution in [2.24, 2.45) is 10.2 Å². The molecule has 0 aliphatic rings. The zero-order valence-electron chi connectivity index (χ0n) is 9.58. The van der Waals surface area contributed by atoms with Crippen LogP contribution in [0.5, 0.6) is 0 Å². The Morgan fingerprint density at radius 3 is 2.39 bits per heavy atom. The number of hydrogen-bond acceptors (Lipinski definition) is 5. The maximum absolute atomic E-state index is 9.05. The van der Waals surface area contributed by atoms with Gasteiger partial charge in [-0.1, -0.05) is 18.2 Å². The number of rotatable bonds is 2. The number of azo groups is 1. The summed E-state index contributed by atoms with van der Waals surface area (Å²) in [5.74, 6) is 0. The molecule has 0 saturated carbocycles. The Kier molecular flexibility index (Phi) is 3.47. The number of nitrogens with zero attached hydrogens (tertiary/aromatic N) is 4. The minimum Gasteiger partial charge on any atom is -0.192 e. The van der Waals surface area contributed by atoms with Crippen LogP contribution >= 0.6 is 11.3 Å². The standard InChI is InChI=1S/C13H8N4S/c1-9-11(7-14)13(18-12(9)8-15)17-16-10-5-3-2-4-6-10/h2-6H,1H3. The monoisotopic (exact) mass is 252 g/mol. The van der Waals surface area contributed by atoms with Gasteiger partial charge in [-0.2, -0.15) is 10.5 Å². The molecule has 0 N–H and O–H groups in total. The molecule has 0 bridgehead atoms. The van der Waals surface area contributed by atoms with Crippen LogP contribution in [0.1, 0.15) is 16.0 Å². The molecule has 0 amide bonds. The van der Waals surface area contributed by atoms with E-state index in [4.69, 9.17) is 10.5 Å². The molecule has 1 aromatic heterocycles. The Hall–Kier alpha value is -2.50. The Bertz CT molecular complexity index is 671. The van der Waals surface area contributed by atoms with Gasteiger partial charge in [0.25, 0.3) is 0 Å². The van der Waals surface area contributed by atoms with Crippen LogP contribution in [0.2, 0.25) is 0 Å². The lowest BCUT2D eigenvalue weighted by Crippen LogP contribution is -1.75. The number of hydrogen-bond donors (Lipinski definition) is 0. The normalized spacial score (nSPS) is 10.2. The van der Waals surface area contributed by atoms with Crippen molar-refractivity contribution >= 4 is 22.0 Å². The average molecular weight is 252 g/mol. The van der Waals surface area contributed by atoms with Gasteiger partial charge in [0.05, 0.1) is 11.3 Å².